The molecule has 3 aromatic carbocycles. The van der Waals surface area contributed by atoms with Crippen molar-refractivity contribution in [1.82, 2.24) is 5.32 Å². The predicted octanol–water partition coefficient (Wildman–Crippen LogP) is 2.14. The number of hydrogen-bond donors (Lipinski definition) is 6. The summed E-state index contributed by atoms with van der Waals surface area (Å²) >= 11 is 0. The highest BCUT2D eigenvalue weighted by Crippen LogP contribution is 2.53. The molecular formula is C33H39N2O8+. The van der Waals surface area contributed by atoms with Crippen LogP contribution in [0.2, 0.25) is 0 Å². The van der Waals surface area contributed by atoms with E-state index in [-0.39, 0.29) is 36.8 Å². The molecule has 1 aliphatic carbocycles. The van der Waals surface area contributed by atoms with Gasteiger partial charge in [-0.15, -0.1) is 0 Å². The molecule has 0 radical (unpaired) electrons. The largest absolute Gasteiger partial charge is 0.508 e. The number of benzene rings is 3. The van der Waals surface area contributed by atoms with Crippen LogP contribution in [0.15, 0.2) is 54.9 Å². The van der Waals surface area contributed by atoms with Crippen molar-refractivity contribution >= 4 is 0 Å². The molecule has 5 atom stereocenters. The van der Waals surface area contributed by atoms with Gasteiger partial charge in [0.25, 0.3) is 0 Å². The van der Waals surface area contributed by atoms with Crippen molar-refractivity contribution < 1.29 is 44.3 Å². The molecule has 5 unspecified atom stereocenters. The van der Waals surface area contributed by atoms with Crippen molar-refractivity contribution in [3.8, 4) is 39.9 Å². The van der Waals surface area contributed by atoms with Crippen LogP contribution >= 0.6 is 0 Å². The number of aromatic hydroxyl groups is 2. The normalized spacial score (nSPS) is 23.5. The number of methoxy groups -OCH3 is 2. The van der Waals surface area contributed by atoms with Crippen LogP contribution < -0.4 is 24.4 Å². The van der Waals surface area contributed by atoms with E-state index >= 15 is 0 Å². The topological polar surface area (TPSA) is 134 Å². The lowest BCUT2D eigenvalue weighted by molar-refractivity contribution is -0.871. The Hall–Kier alpha value is -3.96. The van der Waals surface area contributed by atoms with Crippen molar-refractivity contribution in [3.63, 3.8) is 0 Å². The van der Waals surface area contributed by atoms with Crippen LogP contribution in [0.3, 0.4) is 0 Å². The number of fused-ring (bicyclic) bond motifs is 5. The first-order chi connectivity index (χ1) is 20.9. The number of rotatable bonds is 10. The molecule has 2 aliphatic heterocycles. The lowest BCUT2D eigenvalue weighted by atomic mass is 9.73. The summed E-state index contributed by atoms with van der Waals surface area (Å²) in [5.41, 5.74) is 5.59. The van der Waals surface area contributed by atoms with E-state index in [1.165, 1.54) is 18.1 Å². The minimum Gasteiger partial charge on any atom is -0.508 e. The summed E-state index contributed by atoms with van der Waals surface area (Å²) in [6, 6.07) is 12.2. The lowest BCUT2D eigenvalue weighted by Gasteiger charge is -2.38. The van der Waals surface area contributed by atoms with Crippen molar-refractivity contribution in [2.24, 2.45) is 0 Å². The van der Waals surface area contributed by atoms with Gasteiger partial charge in [0.1, 0.15) is 42.8 Å². The van der Waals surface area contributed by atoms with Gasteiger partial charge in [-0.1, -0.05) is 12.1 Å². The lowest BCUT2D eigenvalue weighted by Crippen LogP contribution is -3.12. The molecule has 10 heteroatoms. The maximum atomic E-state index is 11.5. The summed E-state index contributed by atoms with van der Waals surface area (Å²) in [6.07, 6.45) is 4.58. The van der Waals surface area contributed by atoms with Crippen molar-refractivity contribution in [2.45, 2.75) is 43.6 Å². The molecule has 0 fully saturated rings. The van der Waals surface area contributed by atoms with Crippen LogP contribution in [0.25, 0.3) is 11.1 Å². The summed E-state index contributed by atoms with van der Waals surface area (Å²) in [4.78, 5) is 1.27. The van der Waals surface area contributed by atoms with Gasteiger partial charge >= 0.3 is 0 Å². The minimum atomic E-state index is -0.848. The maximum absolute atomic E-state index is 11.5. The monoisotopic (exact) mass is 591 g/mol. The number of hydrogen-bond acceptors (Lipinski definition) is 9. The molecule has 0 aromatic heterocycles. The van der Waals surface area contributed by atoms with Gasteiger partial charge in [0.15, 0.2) is 17.7 Å². The van der Waals surface area contributed by atoms with Gasteiger partial charge in [-0.25, -0.2) is 0 Å². The van der Waals surface area contributed by atoms with E-state index in [1.807, 2.05) is 24.4 Å². The number of quaternary nitrogens is 1. The highest BCUT2D eigenvalue weighted by Gasteiger charge is 2.39. The van der Waals surface area contributed by atoms with Gasteiger partial charge in [0.2, 0.25) is 0 Å². The van der Waals surface area contributed by atoms with Crippen LogP contribution in [0.1, 0.15) is 40.7 Å². The smallest absolute Gasteiger partial charge is 0.188 e. The fourth-order valence-electron chi connectivity index (χ4n) is 6.72. The van der Waals surface area contributed by atoms with Crippen LogP contribution in [-0.4, -0.2) is 73.3 Å². The second-order valence-corrected chi connectivity index (χ2v) is 11.3. The third kappa shape index (κ3) is 5.59. The number of ether oxygens (including phenoxy) is 4. The Bertz CT molecular complexity index is 1510. The summed E-state index contributed by atoms with van der Waals surface area (Å²) in [5, 5.41) is 45.0. The van der Waals surface area contributed by atoms with Crippen LogP contribution in [-0.2, 0) is 17.6 Å². The molecule has 228 valence electrons. The van der Waals surface area contributed by atoms with Crippen molar-refractivity contribution in [3.05, 3.63) is 77.1 Å². The zero-order chi connectivity index (χ0) is 30.1. The second-order valence-electron chi connectivity index (χ2n) is 11.3. The van der Waals surface area contributed by atoms with Gasteiger partial charge in [0, 0.05) is 37.1 Å². The molecule has 3 aromatic rings. The highest BCUT2D eigenvalue weighted by atomic mass is 16.5. The van der Waals surface area contributed by atoms with Gasteiger partial charge in [-0.2, -0.15) is 0 Å². The Morgan fingerprint density at radius 3 is 2.70 bits per heavy atom. The molecule has 10 nitrogen and oxygen atoms in total. The number of nitrogens with one attached hydrogen (secondary N) is 2. The van der Waals surface area contributed by atoms with Crippen LogP contribution in [0.5, 0.6) is 28.7 Å². The van der Waals surface area contributed by atoms with Gasteiger partial charge in [0.05, 0.1) is 32.6 Å². The molecule has 2 heterocycles. The van der Waals surface area contributed by atoms with Gasteiger partial charge in [-0.05, 0) is 58.9 Å². The SMILES string of the molecule is COCC1NC=C[NH+]1CCC1Cc2cc(O)ccc2-c2c(OCCO)cc3c(c21)CC(O)C(c1ccc(O)c(OC)c1)O3. The van der Waals surface area contributed by atoms with E-state index in [4.69, 9.17) is 18.9 Å². The first kappa shape index (κ1) is 29.1. The van der Waals surface area contributed by atoms with Crippen LogP contribution in [0, 0.1) is 0 Å². The molecule has 6 rings (SSSR count). The fourth-order valence-corrected chi connectivity index (χ4v) is 6.72. The fraction of sp³-hybridized carbons (Fsp3) is 0.394. The average molecular weight is 592 g/mol. The van der Waals surface area contributed by atoms with E-state index in [1.54, 1.807) is 25.3 Å². The summed E-state index contributed by atoms with van der Waals surface area (Å²) < 4.78 is 23.4. The molecular weight excluding hydrogens is 552 g/mol. The molecule has 0 saturated heterocycles. The molecule has 0 amide bonds. The van der Waals surface area contributed by atoms with Crippen LogP contribution in [0.4, 0.5) is 0 Å². The Labute approximate surface area is 250 Å². The Morgan fingerprint density at radius 1 is 1.05 bits per heavy atom. The standard InChI is InChI=1S/C33H38N2O8/c1-40-18-30-34-8-10-35(30)9-7-19-13-21-14-22(37)4-5-23(21)32-29(42-12-11-36)17-27-24(31(19)32)16-26(39)33(43-27)20-3-6-25(38)28(15-20)41-2/h3-6,8,10,14-15,17,19,26,30,33-34,36-39H,7,9,11-13,16,18H2,1-2H3/p+1. The number of aliphatic hydroxyl groups excluding tert-OH is 2. The molecule has 43 heavy (non-hydrogen) atoms. The molecule has 0 saturated carbocycles. The third-order valence-corrected chi connectivity index (χ3v) is 8.69. The zero-order valence-electron chi connectivity index (χ0n) is 24.4. The Balaban J connectivity index is 1.44. The number of phenolic OH excluding ortho intramolecular Hbond substituents is 2. The summed E-state index contributed by atoms with van der Waals surface area (Å²) in [7, 11) is 3.18. The Morgan fingerprint density at radius 2 is 1.91 bits per heavy atom. The van der Waals surface area contributed by atoms with E-state index in [2.05, 4.69) is 11.5 Å². The number of phenols is 2. The zero-order valence-corrected chi connectivity index (χ0v) is 24.4. The molecule has 0 spiro atoms. The van der Waals surface area contributed by atoms with E-state index < -0.39 is 12.2 Å². The maximum Gasteiger partial charge on any atom is 0.188 e. The van der Waals surface area contributed by atoms with E-state index in [0.29, 0.717) is 42.3 Å². The minimum absolute atomic E-state index is 0.0103. The predicted molar refractivity (Wildman–Crippen MR) is 159 cm³/mol. The highest BCUT2D eigenvalue weighted by molar-refractivity contribution is 5.83. The summed E-state index contributed by atoms with van der Waals surface area (Å²) in [5.74, 6) is 1.78. The Kier molecular flexibility index (Phi) is 8.36. The van der Waals surface area contributed by atoms with Crippen molar-refractivity contribution in [1.29, 1.82) is 0 Å². The average Bonchev–Trinajstić information content (AvgIpc) is 3.45. The van der Waals surface area contributed by atoms with Gasteiger partial charge < -0.3 is 44.7 Å². The first-order valence-electron chi connectivity index (χ1n) is 14.7. The second kappa shape index (κ2) is 12.3. The molecule has 3 aliphatic rings. The van der Waals surface area contributed by atoms with E-state index in [0.717, 1.165) is 40.8 Å². The number of aliphatic hydroxyl groups is 2. The van der Waals surface area contributed by atoms with E-state index in [9.17, 15) is 20.4 Å². The third-order valence-electron chi connectivity index (χ3n) is 8.69. The molecule has 0 bridgehead atoms. The molecule has 6 N–H and O–H groups in total. The first-order valence-corrected chi connectivity index (χ1v) is 14.7. The quantitative estimate of drug-likeness (QED) is 0.210. The van der Waals surface area contributed by atoms with Crippen molar-refractivity contribution in [2.75, 3.05) is 40.6 Å². The van der Waals surface area contributed by atoms with Gasteiger partial charge in [-0.3, -0.25) is 4.90 Å². The summed E-state index contributed by atoms with van der Waals surface area (Å²) in [6.45, 7) is 1.38.